The number of pyridine rings is 2. The van der Waals surface area contributed by atoms with Crippen molar-refractivity contribution in [2.75, 3.05) is 0 Å². The number of carboxylic acids is 1. The quantitative estimate of drug-likeness (QED) is 0.274. The van der Waals surface area contributed by atoms with Crippen molar-refractivity contribution in [2.45, 2.75) is 13.3 Å². The average molecular weight is 526 g/mol. The molecule has 0 aliphatic heterocycles. The molecule has 9 heteroatoms. The van der Waals surface area contributed by atoms with Gasteiger partial charge in [0.15, 0.2) is 0 Å². The summed E-state index contributed by atoms with van der Waals surface area (Å²) >= 11 is 7.67. The van der Waals surface area contributed by atoms with Gasteiger partial charge in [-0.2, -0.15) is 5.10 Å². The Morgan fingerprint density at radius 3 is 2.59 bits per heavy atom. The molecule has 182 valence electrons. The predicted octanol–water partition coefficient (Wildman–Crippen LogP) is 6.56. The Morgan fingerprint density at radius 2 is 1.81 bits per heavy atom. The van der Waals surface area contributed by atoms with Gasteiger partial charge in [-0.1, -0.05) is 23.7 Å². The number of hydrogen-bond donors (Lipinski definition) is 1. The van der Waals surface area contributed by atoms with E-state index >= 15 is 0 Å². The molecule has 4 heterocycles. The number of halogens is 1. The summed E-state index contributed by atoms with van der Waals surface area (Å²) in [7, 11) is 1.89. The number of hydrogen-bond acceptors (Lipinski definition) is 6. The molecule has 0 aliphatic rings. The highest BCUT2D eigenvalue weighted by atomic mass is 35.5. The molecule has 0 bridgehead atoms. The van der Waals surface area contributed by atoms with Crippen LogP contribution in [0, 0.1) is 6.92 Å². The highest BCUT2D eigenvalue weighted by Gasteiger charge is 2.20. The zero-order valence-electron chi connectivity index (χ0n) is 19.9. The lowest BCUT2D eigenvalue weighted by Gasteiger charge is -2.13. The number of carbonyl (C=O) groups is 1. The van der Waals surface area contributed by atoms with Crippen molar-refractivity contribution in [3.63, 3.8) is 0 Å². The van der Waals surface area contributed by atoms with Crippen molar-refractivity contribution in [1.29, 1.82) is 0 Å². The lowest BCUT2D eigenvalue weighted by molar-refractivity contribution is -0.136. The molecular formula is C28H20ClN5O2S. The summed E-state index contributed by atoms with van der Waals surface area (Å²) in [6.45, 7) is 1.93. The molecule has 0 spiro atoms. The molecule has 0 aliphatic carbocycles. The molecule has 0 unspecified atom stereocenters. The first-order chi connectivity index (χ1) is 17.9. The fraction of sp³-hybridized carbons (Fsp3) is 0.107. The van der Waals surface area contributed by atoms with Crippen molar-refractivity contribution in [2.24, 2.45) is 7.05 Å². The second-order valence-corrected chi connectivity index (χ2v) is 10.2. The molecule has 0 amide bonds. The number of nitrogens with zero attached hydrogens (tertiary/aromatic N) is 5. The maximum absolute atomic E-state index is 11.7. The molecule has 0 radical (unpaired) electrons. The summed E-state index contributed by atoms with van der Waals surface area (Å²) in [5.41, 5.74) is 8.46. The van der Waals surface area contributed by atoms with Crippen molar-refractivity contribution < 1.29 is 9.90 Å². The van der Waals surface area contributed by atoms with Crippen LogP contribution in [0.1, 0.15) is 11.1 Å². The molecule has 0 atom stereocenters. The van der Waals surface area contributed by atoms with E-state index < -0.39 is 5.97 Å². The predicted molar refractivity (Wildman–Crippen MR) is 147 cm³/mol. The zero-order chi connectivity index (χ0) is 25.7. The second-order valence-electron chi connectivity index (χ2n) is 8.79. The molecule has 4 aromatic heterocycles. The molecule has 0 saturated heterocycles. The van der Waals surface area contributed by atoms with E-state index in [-0.39, 0.29) is 6.42 Å². The fourth-order valence-corrected chi connectivity index (χ4v) is 5.81. The van der Waals surface area contributed by atoms with Crippen LogP contribution >= 0.6 is 22.9 Å². The van der Waals surface area contributed by atoms with Crippen LogP contribution in [-0.2, 0) is 18.3 Å². The van der Waals surface area contributed by atoms with Crippen LogP contribution in [0.3, 0.4) is 0 Å². The van der Waals surface area contributed by atoms with E-state index in [2.05, 4.69) is 10.1 Å². The Morgan fingerprint density at radius 1 is 1.00 bits per heavy atom. The van der Waals surface area contributed by atoms with E-state index in [9.17, 15) is 9.90 Å². The lowest BCUT2D eigenvalue weighted by Crippen LogP contribution is -2.04. The summed E-state index contributed by atoms with van der Waals surface area (Å²) in [5.74, 6) is -0.876. The maximum Gasteiger partial charge on any atom is 0.307 e. The molecular weight excluding hydrogens is 506 g/mol. The minimum absolute atomic E-state index is 0.0745. The highest BCUT2D eigenvalue weighted by molar-refractivity contribution is 7.22. The summed E-state index contributed by atoms with van der Waals surface area (Å²) in [6, 6.07) is 17.3. The van der Waals surface area contributed by atoms with Gasteiger partial charge in [0.05, 0.1) is 39.7 Å². The number of thiazole rings is 1. The maximum atomic E-state index is 11.7. The SMILES string of the molecule is Cc1cc2nc(-c3ccnc(-c4ccc5c(cnn5C)n4)c3)sc2c(-c2ccc(Cl)cc2)c1CC(=O)O. The van der Waals surface area contributed by atoms with Gasteiger partial charge in [0.2, 0.25) is 0 Å². The highest BCUT2D eigenvalue weighted by Crippen LogP contribution is 2.41. The van der Waals surface area contributed by atoms with E-state index in [1.54, 1.807) is 17.1 Å². The van der Waals surface area contributed by atoms with Crippen LogP contribution < -0.4 is 0 Å². The smallest absolute Gasteiger partial charge is 0.307 e. The molecule has 1 N–H and O–H groups in total. The van der Waals surface area contributed by atoms with Crippen LogP contribution in [0.5, 0.6) is 0 Å². The number of aromatic nitrogens is 5. The average Bonchev–Trinajstić information content (AvgIpc) is 3.48. The molecule has 6 rings (SSSR count). The largest absolute Gasteiger partial charge is 0.481 e. The molecule has 7 nitrogen and oxygen atoms in total. The number of aliphatic carboxylic acids is 1. The summed E-state index contributed by atoms with van der Waals surface area (Å²) in [5, 5.41) is 15.3. The molecule has 2 aromatic carbocycles. The zero-order valence-corrected chi connectivity index (χ0v) is 21.5. The van der Waals surface area contributed by atoms with Gasteiger partial charge in [0.1, 0.15) is 10.5 Å². The van der Waals surface area contributed by atoms with E-state index in [1.165, 1.54) is 11.3 Å². The van der Waals surface area contributed by atoms with Crippen molar-refractivity contribution >= 4 is 50.2 Å². The van der Waals surface area contributed by atoms with Crippen LogP contribution in [0.4, 0.5) is 0 Å². The number of aryl methyl sites for hydroxylation is 2. The first-order valence-corrected chi connectivity index (χ1v) is 12.7. The molecule has 6 aromatic rings. The Kier molecular flexibility index (Phi) is 5.70. The Labute approximate surface area is 221 Å². The second kappa shape index (κ2) is 9.06. The number of rotatable bonds is 5. The van der Waals surface area contributed by atoms with Gasteiger partial charge in [-0.25, -0.2) is 9.97 Å². The lowest BCUT2D eigenvalue weighted by atomic mass is 9.93. The minimum atomic E-state index is -0.876. The van der Waals surface area contributed by atoms with Gasteiger partial charge in [-0.15, -0.1) is 11.3 Å². The van der Waals surface area contributed by atoms with Gasteiger partial charge >= 0.3 is 5.97 Å². The Bertz CT molecular complexity index is 1820. The van der Waals surface area contributed by atoms with E-state index in [1.807, 2.05) is 68.6 Å². The fourth-order valence-electron chi connectivity index (χ4n) is 4.55. The number of carboxylic acid groups (broad SMARTS) is 1. The van der Waals surface area contributed by atoms with Gasteiger partial charge in [-0.05, 0) is 66.1 Å². The van der Waals surface area contributed by atoms with Gasteiger partial charge in [-0.3, -0.25) is 14.5 Å². The minimum Gasteiger partial charge on any atom is -0.481 e. The third kappa shape index (κ3) is 4.24. The monoisotopic (exact) mass is 525 g/mol. The Hall–Kier alpha value is -4.14. The first kappa shape index (κ1) is 23.3. The third-order valence-electron chi connectivity index (χ3n) is 6.35. The first-order valence-electron chi connectivity index (χ1n) is 11.5. The Balaban J connectivity index is 1.50. The summed E-state index contributed by atoms with van der Waals surface area (Å²) < 4.78 is 2.73. The van der Waals surface area contributed by atoms with Crippen LogP contribution in [0.25, 0.3) is 54.3 Å². The molecule has 37 heavy (non-hydrogen) atoms. The summed E-state index contributed by atoms with van der Waals surface area (Å²) in [4.78, 5) is 25.9. The van der Waals surface area contributed by atoms with Gasteiger partial charge < -0.3 is 5.11 Å². The van der Waals surface area contributed by atoms with Crippen LogP contribution in [0.2, 0.25) is 5.02 Å². The molecule has 0 fully saturated rings. The van der Waals surface area contributed by atoms with Crippen molar-refractivity contribution in [3.05, 3.63) is 83.1 Å². The topological polar surface area (TPSA) is 93.8 Å². The number of benzene rings is 2. The summed E-state index contributed by atoms with van der Waals surface area (Å²) in [6.07, 6.45) is 3.42. The van der Waals surface area contributed by atoms with Crippen LogP contribution in [0.15, 0.2) is 67.0 Å². The van der Waals surface area contributed by atoms with E-state index in [4.69, 9.17) is 21.6 Å². The van der Waals surface area contributed by atoms with Crippen molar-refractivity contribution in [1.82, 2.24) is 24.7 Å². The normalized spacial score (nSPS) is 11.4. The van der Waals surface area contributed by atoms with Crippen LogP contribution in [-0.4, -0.2) is 35.8 Å². The van der Waals surface area contributed by atoms with Gasteiger partial charge in [0, 0.05) is 29.4 Å². The van der Waals surface area contributed by atoms with E-state index in [0.717, 1.165) is 65.5 Å². The standard InChI is InChI=1S/C28H20ClN5O2S/c1-15-11-22-27(26(19(15)13-25(35)36)16-3-5-18(29)6-4-16)37-28(33-22)17-9-10-30-21(12-17)20-7-8-24-23(32-20)14-31-34(24)2/h3-12,14H,13H2,1-2H3,(H,35,36). The molecule has 0 saturated carbocycles. The van der Waals surface area contributed by atoms with Crippen molar-refractivity contribution in [3.8, 4) is 33.1 Å². The third-order valence-corrected chi connectivity index (χ3v) is 7.74. The van der Waals surface area contributed by atoms with Gasteiger partial charge in [0.25, 0.3) is 0 Å². The van der Waals surface area contributed by atoms with E-state index in [0.29, 0.717) is 5.02 Å². The number of fused-ring (bicyclic) bond motifs is 2.